The van der Waals surface area contributed by atoms with Gasteiger partial charge in [0.05, 0.1) is 6.61 Å². The molecule has 0 aromatic carbocycles. The maximum atomic E-state index is 12.6. The standard InChI is InChI=1S/C12H25FO2/c1-15-10-8-6-4-2-3-5-7-9-12(13)11-14/h12,14H,2-11H2,1H3. The number of methoxy groups -OCH3 is 1. The third-order valence-corrected chi connectivity index (χ3v) is 2.56. The number of aliphatic hydroxyl groups is 1. The lowest BCUT2D eigenvalue weighted by molar-refractivity contribution is 0.167. The zero-order chi connectivity index (χ0) is 11.4. The molecule has 0 saturated heterocycles. The van der Waals surface area contributed by atoms with Crippen molar-refractivity contribution in [2.75, 3.05) is 20.3 Å². The molecular weight excluding hydrogens is 195 g/mol. The second kappa shape index (κ2) is 11.9. The van der Waals surface area contributed by atoms with E-state index in [9.17, 15) is 4.39 Å². The first-order chi connectivity index (χ1) is 7.31. The van der Waals surface area contributed by atoms with Crippen molar-refractivity contribution in [1.29, 1.82) is 0 Å². The average molecular weight is 220 g/mol. The summed E-state index contributed by atoms with van der Waals surface area (Å²) in [4.78, 5) is 0. The minimum atomic E-state index is -1.01. The Balaban J connectivity index is 2.92. The van der Waals surface area contributed by atoms with E-state index in [1.807, 2.05) is 0 Å². The van der Waals surface area contributed by atoms with Gasteiger partial charge >= 0.3 is 0 Å². The molecule has 2 nitrogen and oxygen atoms in total. The first-order valence-electron chi connectivity index (χ1n) is 6.05. The Morgan fingerprint density at radius 3 is 2.07 bits per heavy atom. The Kier molecular flexibility index (Phi) is 11.8. The number of ether oxygens (including phenoxy) is 1. The molecule has 0 bridgehead atoms. The average Bonchev–Trinajstić information content (AvgIpc) is 2.26. The predicted octanol–water partition coefficient (Wildman–Crippen LogP) is 3.08. The summed E-state index contributed by atoms with van der Waals surface area (Å²) in [6.45, 7) is 0.539. The molecule has 1 atom stereocenters. The maximum absolute atomic E-state index is 12.6. The van der Waals surface area contributed by atoms with Crippen LogP contribution in [-0.2, 0) is 4.74 Å². The predicted molar refractivity (Wildman–Crippen MR) is 60.8 cm³/mol. The van der Waals surface area contributed by atoms with E-state index in [4.69, 9.17) is 9.84 Å². The highest BCUT2D eigenvalue weighted by atomic mass is 19.1. The van der Waals surface area contributed by atoms with Crippen molar-refractivity contribution >= 4 is 0 Å². The van der Waals surface area contributed by atoms with Crippen molar-refractivity contribution in [1.82, 2.24) is 0 Å². The molecule has 0 spiro atoms. The van der Waals surface area contributed by atoms with Gasteiger partial charge in [-0.2, -0.15) is 0 Å². The van der Waals surface area contributed by atoms with Gasteiger partial charge in [-0.25, -0.2) is 4.39 Å². The van der Waals surface area contributed by atoms with E-state index in [1.165, 1.54) is 25.7 Å². The topological polar surface area (TPSA) is 29.5 Å². The highest BCUT2D eigenvalue weighted by Gasteiger charge is 2.02. The van der Waals surface area contributed by atoms with E-state index in [0.29, 0.717) is 6.42 Å². The minimum Gasteiger partial charge on any atom is -0.393 e. The van der Waals surface area contributed by atoms with E-state index in [0.717, 1.165) is 25.9 Å². The molecule has 0 saturated carbocycles. The van der Waals surface area contributed by atoms with Crippen LogP contribution in [0, 0.1) is 0 Å². The monoisotopic (exact) mass is 220 g/mol. The lowest BCUT2D eigenvalue weighted by Gasteiger charge is -2.04. The SMILES string of the molecule is COCCCCCCCCCC(F)CO. The van der Waals surface area contributed by atoms with Crippen molar-refractivity contribution in [2.24, 2.45) is 0 Å². The quantitative estimate of drug-likeness (QED) is 0.542. The molecule has 0 aromatic rings. The first-order valence-corrected chi connectivity index (χ1v) is 6.05. The summed E-state index contributed by atoms with van der Waals surface area (Å²) in [6.07, 6.45) is 7.55. The molecule has 0 amide bonds. The molecule has 1 N–H and O–H groups in total. The normalized spacial score (nSPS) is 13.0. The van der Waals surface area contributed by atoms with Crippen LogP contribution in [-0.4, -0.2) is 31.6 Å². The van der Waals surface area contributed by atoms with E-state index >= 15 is 0 Å². The van der Waals surface area contributed by atoms with Gasteiger partial charge in [0, 0.05) is 13.7 Å². The zero-order valence-corrected chi connectivity index (χ0v) is 9.88. The molecule has 15 heavy (non-hydrogen) atoms. The Morgan fingerprint density at radius 2 is 1.53 bits per heavy atom. The molecule has 0 aliphatic rings. The summed E-state index contributed by atoms with van der Waals surface area (Å²) in [6, 6.07) is 0. The summed E-state index contributed by atoms with van der Waals surface area (Å²) in [5.41, 5.74) is 0. The van der Waals surface area contributed by atoms with Gasteiger partial charge in [-0.3, -0.25) is 0 Å². The van der Waals surface area contributed by atoms with Crippen LogP contribution in [0.25, 0.3) is 0 Å². The van der Waals surface area contributed by atoms with Gasteiger partial charge in [0.1, 0.15) is 6.17 Å². The van der Waals surface area contributed by atoms with Gasteiger partial charge in [-0.1, -0.05) is 38.5 Å². The summed E-state index contributed by atoms with van der Waals surface area (Å²) >= 11 is 0. The number of halogens is 1. The molecule has 0 heterocycles. The maximum Gasteiger partial charge on any atom is 0.123 e. The van der Waals surface area contributed by atoms with Crippen molar-refractivity contribution in [3.05, 3.63) is 0 Å². The zero-order valence-electron chi connectivity index (χ0n) is 9.88. The molecule has 0 radical (unpaired) electrons. The Hall–Kier alpha value is -0.150. The smallest absolute Gasteiger partial charge is 0.123 e. The Bertz CT molecular complexity index is 120. The second-order valence-corrected chi connectivity index (χ2v) is 4.04. The number of aliphatic hydroxyl groups excluding tert-OH is 1. The van der Waals surface area contributed by atoms with Crippen LogP contribution >= 0.6 is 0 Å². The van der Waals surface area contributed by atoms with E-state index in [2.05, 4.69) is 0 Å². The lowest BCUT2D eigenvalue weighted by atomic mass is 10.1. The molecule has 1 unspecified atom stereocenters. The largest absolute Gasteiger partial charge is 0.393 e. The lowest BCUT2D eigenvalue weighted by Crippen LogP contribution is -2.04. The third-order valence-electron chi connectivity index (χ3n) is 2.56. The van der Waals surface area contributed by atoms with E-state index < -0.39 is 6.17 Å². The molecule has 0 aliphatic carbocycles. The van der Waals surface area contributed by atoms with Crippen LogP contribution in [0.3, 0.4) is 0 Å². The Morgan fingerprint density at radius 1 is 1.00 bits per heavy atom. The molecule has 92 valence electrons. The van der Waals surface area contributed by atoms with Crippen LogP contribution in [0.1, 0.15) is 51.4 Å². The van der Waals surface area contributed by atoms with Crippen LogP contribution in [0.15, 0.2) is 0 Å². The van der Waals surface area contributed by atoms with E-state index in [1.54, 1.807) is 7.11 Å². The molecule has 0 rings (SSSR count). The number of alkyl halides is 1. The first kappa shape index (κ1) is 14.8. The van der Waals surface area contributed by atoms with Gasteiger partial charge in [0.2, 0.25) is 0 Å². The van der Waals surface area contributed by atoms with Crippen LogP contribution in [0.5, 0.6) is 0 Å². The third kappa shape index (κ3) is 11.8. The van der Waals surface area contributed by atoms with Crippen molar-refractivity contribution in [2.45, 2.75) is 57.5 Å². The summed E-state index contributed by atoms with van der Waals surface area (Å²) < 4.78 is 17.5. The number of unbranched alkanes of at least 4 members (excludes halogenated alkanes) is 6. The summed E-state index contributed by atoms with van der Waals surface area (Å²) in [5, 5.41) is 8.47. The minimum absolute atomic E-state index is 0.322. The van der Waals surface area contributed by atoms with Crippen LogP contribution in [0.2, 0.25) is 0 Å². The second-order valence-electron chi connectivity index (χ2n) is 4.04. The highest BCUT2D eigenvalue weighted by molar-refractivity contribution is 4.54. The molecule has 0 aliphatic heterocycles. The number of hydrogen-bond donors (Lipinski definition) is 1. The van der Waals surface area contributed by atoms with Gasteiger partial charge in [0.25, 0.3) is 0 Å². The fourth-order valence-electron chi connectivity index (χ4n) is 1.59. The van der Waals surface area contributed by atoms with Gasteiger partial charge in [-0.15, -0.1) is 0 Å². The number of rotatable bonds is 11. The molecule has 0 aromatic heterocycles. The molecule has 3 heteroatoms. The van der Waals surface area contributed by atoms with Gasteiger partial charge in [0.15, 0.2) is 0 Å². The van der Waals surface area contributed by atoms with Gasteiger partial charge in [-0.05, 0) is 12.8 Å². The summed E-state index contributed by atoms with van der Waals surface area (Å²) in [7, 11) is 1.73. The number of hydrogen-bond acceptors (Lipinski definition) is 2. The van der Waals surface area contributed by atoms with Crippen molar-refractivity contribution in [3.8, 4) is 0 Å². The Labute approximate surface area is 92.8 Å². The fraction of sp³-hybridized carbons (Fsp3) is 1.00. The van der Waals surface area contributed by atoms with E-state index in [-0.39, 0.29) is 6.61 Å². The van der Waals surface area contributed by atoms with Crippen LogP contribution < -0.4 is 0 Å². The molecule has 0 fully saturated rings. The highest BCUT2D eigenvalue weighted by Crippen LogP contribution is 2.10. The van der Waals surface area contributed by atoms with Crippen LogP contribution in [0.4, 0.5) is 4.39 Å². The van der Waals surface area contributed by atoms with Crippen molar-refractivity contribution < 1.29 is 14.2 Å². The fourth-order valence-corrected chi connectivity index (χ4v) is 1.59. The van der Waals surface area contributed by atoms with Crippen molar-refractivity contribution in [3.63, 3.8) is 0 Å². The molecular formula is C12H25FO2. The van der Waals surface area contributed by atoms with Gasteiger partial charge < -0.3 is 9.84 Å². The summed E-state index contributed by atoms with van der Waals surface area (Å²) in [5.74, 6) is 0.